The van der Waals surface area contributed by atoms with Gasteiger partial charge in [0, 0.05) is 12.7 Å². The lowest BCUT2D eigenvalue weighted by Crippen LogP contribution is -2.22. The number of rotatable bonds is 4. The topological polar surface area (TPSA) is 100 Å². The third-order valence-electron chi connectivity index (χ3n) is 3.70. The summed E-state index contributed by atoms with van der Waals surface area (Å²) in [5.74, 6) is -1.26. The molecule has 0 atom stereocenters. The van der Waals surface area contributed by atoms with Crippen LogP contribution in [0.1, 0.15) is 42.5 Å². The van der Waals surface area contributed by atoms with E-state index in [2.05, 4.69) is 15.6 Å². The van der Waals surface area contributed by atoms with Crippen LogP contribution in [0.4, 0.5) is 5.69 Å². The van der Waals surface area contributed by atoms with Gasteiger partial charge >= 0.3 is 5.97 Å². The summed E-state index contributed by atoms with van der Waals surface area (Å²) in [4.78, 5) is 39.1. The molecule has 7 heteroatoms. The Hall–Kier alpha value is -3.09. The third kappa shape index (κ3) is 3.15. The highest BCUT2D eigenvalue weighted by Gasteiger charge is 2.23. The van der Waals surface area contributed by atoms with Crippen molar-refractivity contribution < 1.29 is 19.1 Å². The molecule has 0 spiro atoms. The predicted molar refractivity (Wildman–Crippen MR) is 89.4 cm³/mol. The smallest absolute Gasteiger partial charge is 0.339 e. The number of nitrogens with one attached hydrogen (secondary N) is 3. The number of aromatic nitrogens is 1. The standard InChI is InChI=1S/C17H19N3O4/c1-9-13(17(23)24-4)10(2)19-14(9)16(22)20-12-8-6-5-7-11(12)15(21)18-3/h5-8,19H,1-4H3,(H,18,21)(H,20,22). The lowest BCUT2D eigenvalue weighted by molar-refractivity contribution is 0.0599. The molecule has 2 rings (SSSR count). The Morgan fingerprint density at radius 2 is 1.75 bits per heavy atom. The largest absolute Gasteiger partial charge is 0.465 e. The second-order valence-corrected chi connectivity index (χ2v) is 5.20. The zero-order valence-corrected chi connectivity index (χ0v) is 13.9. The number of esters is 1. The molecule has 0 aliphatic rings. The first-order valence-electron chi connectivity index (χ1n) is 7.30. The van der Waals surface area contributed by atoms with Crippen LogP contribution in [0.2, 0.25) is 0 Å². The number of aromatic amines is 1. The minimum atomic E-state index is -0.508. The van der Waals surface area contributed by atoms with E-state index >= 15 is 0 Å². The van der Waals surface area contributed by atoms with Gasteiger partial charge in [0.05, 0.1) is 23.9 Å². The summed E-state index contributed by atoms with van der Waals surface area (Å²) < 4.78 is 4.73. The van der Waals surface area contributed by atoms with Crippen molar-refractivity contribution in [2.45, 2.75) is 13.8 Å². The lowest BCUT2D eigenvalue weighted by atomic mass is 10.1. The molecule has 1 aromatic heterocycles. The van der Waals surface area contributed by atoms with Crippen LogP contribution >= 0.6 is 0 Å². The van der Waals surface area contributed by atoms with Gasteiger partial charge in [-0.1, -0.05) is 12.1 Å². The normalized spacial score (nSPS) is 10.2. The number of hydrogen-bond donors (Lipinski definition) is 3. The van der Waals surface area contributed by atoms with Gasteiger partial charge in [0.15, 0.2) is 0 Å². The predicted octanol–water partition coefficient (Wildman–Crippen LogP) is 2.03. The van der Waals surface area contributed by atoms with Crippen LogP contribution in [0.3, 0.4) is 0 Å². The van der Waals surface area contributed by atoms with E-state index in [-0.39, 0.29) is 11.6 Å². The van der Waals surface area contributed by atoms with Gasteiger partial charge in [-0.2, -0.15) is 0 Å². The second-order valence-electron chi connectivity index (χ2n) is 5.20. The molecule has 0 saturated heterocycles. The molecule has 7 nitrogen and oxygen atoms in total. The molecule has 24 heavy (non-hydrogen) atoms. The number of aryl methyl sites for hydroxylation is 1. The first kappa shape index (κ1) is 17.3. The van der Waals surface area contributed by atoms with E-state index in [0.717, 1.165) is 0 Å². The van der Waals surface area contributed by atoms with E-state index in [9.17, 15) is 14.4 Å². The van der Waals surface area contributed by atoms with Gasteiger partial charge in [-0.15, -0.1) is 0 Å². The fourth-order valence-electron chi connectivity index (χ4n) is 2.49. The average molecular weight is 329 g/mol. The number of para-hydroxylation sites is 1. The molecule has 2 amide bonds. The van der Waals surface area contributed by atoms with Crippen molar-refractivity contribution in [2.75, 3.05) is 19.5 Å². The molecular formula is C17H19N3O4. The summed E-state index contributed by atoms with van der Waals surface area (Å²) in [5.41, 5.74) is 2.36. The Morgan fingerprint density at radius 3 is 2.38 bits per heavy atom. The van der Waals surface area contributed by atoms with Crippen LogP contribution in [0, 0.1) is 13.8 Å². The molecule has 126 valence electrons. The summed E-state index contributed by atoms with van der Waals surface area (Å²) in [7, 11) is 2.80. The first-order chi connectivity index (χ1) is 11.4. The molecule has 1 heterocycles. The van der Waals surface area contributed by atoms with Crippen LogP contribution in [0.15, 0.2) is 24.3 Å². The van der Waals surface area contributed by atoms with Gasteiger partial charge in [0.25, 0.3) is 11.8 Å². The van der Waals surface area contributed by atoms with E-state index in [1.165, 1.54) is 14.2 Å². The molecule has 0 bridgehead atoms. The number of carbonyl (C=O) groups is 3. The minimum Gasteiger partial charge on any atom is -0.465 e. The Morgan fingerprint density at radius 1 is 1.08 bits per heavy atom. The van der Waals surface area contributed by atoms with Crippen molar-refractivity contribution in [1.29, 1.82) is 0 Å². The van der Waals surface area contributed by atoms with Gasteiger partial charge in [-0.05, 0) is 31.5 Å². The number of hydrogen-bond acceptors (Lipinski definition) is 4. The van der Waals surface area contributed by atoms with E-state index < -0.39 is 11.9 Å². The zero-order chi connectivity index (χ0) is 17.9. The molecule has 0 unspecified atom stereocenters. The molecule has 3 N–H and O–H groups in total. The quantitative estimate of drug-likeness (QED) is 0.747. The van der Waals surface area contributed by atoms with E-state index in [0.29, 0.717) is 28.1 Å². The van der Waals surface area contributed by atoms with Gasteiger partial charge in [-0.3, -0.25) is 9.59 Å². The van der Waals surface area contributed by atoms with Crippen LogP contribution < -0.4 is 10.6 Å². The van der Waals surface area contributed by atoms with Gasteiger partial charge in [-0.25, -0.2) is 4.79 Å². The lowest BCUT2D eigenvalue weighted by Gasteiger charge is -2.10. The van der Waals surface area contributed by atoms with Crippen molar-refractivity contribution in [3.05, 3.63) is 52.3 Å². The highest BCUT2D eigenvalue weighted by molar-refractivity contribution is 6.10. The molecule has 0 radical (unpaired) electrons. The van der Waals surface area contributed by atoms with E-state index in [1.54, 1.807) is 38.1 Å². The summed E-state index contributed by atoms with van der Waals surface area (Å²) >= 11 is 0. The fourth-order valence-corrected chi connectivity index (χ4v) is 2.49. The number of ether oxygens (including phenoxy) is 1. The van der Waals surface area contributed by atoms with Crippen molar-refractivity contribution in [3.63, 3.8) is 0 Å². The molecule has 0 aliphatic carbocycles. The maximum absolute atomic E-state index is 12.5. The highest BCUT2D eigenvalue weighted by Crippen LogP contribution is 2.21. The second kappa shape index (κ2) is 6.99. The van der Waals surface area contributed by atoms with Crippen molar-refractivity contribution in [2.24, 2.45) is 0 Å². The number of carbonyl (C=O) groups excluding carboxylic acids is 3. The highest BCUT2D eigenvalue weighted by atomic mass is 16.5. The Labute approximate surface area is 139 Å². The zero-order valence-electron chi connectivity index (χ0n) is 13.9. The Balaban J connectivity index is 2.36. The molecule has 0 aliphatic heterocycles. The van der Waals surface area contributed by atoms with Crippen LogP contribution in [-0.2, 0) is 4.74 Å². The molecule has 2 aromatic rings. The number of amides is 2. The maximum Gasteiger partial charge on any atom is 0.339 e. The maximum atomic E-state index is 12.5. The van der Waals surface area contributed by atoms with Crippen LogP contribution in [-0.4, -0.2) is 36.9 Å². The molecular weight excluding hydrogens is 310 g/mol. The van der Waals surface area contributed by atoms with Crippen molar-refractivity contribution in [1.82, 2.24) is 10.3 Å². The van der Waals surface area contributed by atoms with E-state index in [4.69, 9.17) is 4.74 Å². The fraction of sp³-hybridized carbons (Fsp3) is 0.235. The summed E-state index contributed by atoms with van der Waals surface area (Å²) in [6.07, 6.45) is 0. The summed E-state index contributed by atoms with van der Waals surface area (Å²) in [5, 5.41) is 5.22. The van der Waals surface area contributed by atoms with Gasteiger partial charge in [0.2, 0.25) is 0 Å². The number of methoxy groups -OCH3 is 1. The monoisotopic (exact) mass is 329 g/mol. The van der Waals surface area contributed by atoms with Crippen molar-refractivity contribution in [3.8, 4) is 0 Å². The Kier molecular flexibility index (Phi) is 5.03. The van der Waals surface area contributed by atoms with E-state index in [1.807, 2.05) is 0 Å². The molecule has 1 aromatic carbocycles. The third-order valence-corrected chi connectivity index (χ3v) is 3.70. The van der Waals surface area contributed by atoms with Gasteiger partial charge in [0.1, 0.15) is 5.69 Å². The number of benzene rings is 1. The molecule has 0 fully saturated rings. The number of anilines is 1. The average Bonchev–Trinajstić information content (AvgIpc) is 2.88. The Bertz CT molecular complexity index is 808. The van der Waals surface area contributed by atoms with Crippen LogP contribution in [0.25, 0.3) is 0 Å². The summed E-state index contributed by atoms with van der Waals surface area (Å²) in [6, 6.07) is 6.67. The molecule has 0 saturated carbocycles. The van der Waals surface area contributed by atoms with Crippen molar-refractivity contribution >= 4 is 23.5 Å². The number of H-pyrrole nitrogens is 1. The SMILES string of the molecule is CNC(=O)c1ccccc1NC(=O)c1[nH]c(C)c(C(=O)OC)c1C. The van der Waals surface area contributed by atoms with Gasteiger partial charge < -0.3 is 20.4 Å². The van der Waals surface area contributed by atoms with Crippen LogP contribution in [0.5, 0.6) is 0 Å². The summed E-state index contributed by atoms with van der Waals surface area (Å²) in [6.45, 7) is 3.35. The minimum absolute atomic E-state index is 0.250. The first-order valence-corrected chi connectivity index (χ1v) is 7.30.